The van der Waals surface area contributed by atoms with E-state index in [2.05, 4.69) is 4.85 Å². The first-order chi connectivity index (χ1) is 15.1. The Morgan fingerprint density at radius 2 is 2.00 bits per heavy atom. The smallest absolute Gasteiger partial charge is 0.244 e. The van der Waals surface area contributed by atoms with E-state index in [-0.39, 0.29) is 47.7 Å². The summed E-state index contributed by atoms with van der Waals surface area (Å²) in [4.78, 5) is 4.93. The van der Waals surface area contributed by atoms with Crippen LogP contribution in [0.15, 0.2) is 41.3 Å². The zero-order valence-electron chi connectivity index (χ0n) is 17.3. The van der Waals surface area contributed by atoms with E-state index < -0.39 is 21.3 Å². The second-order valence-corrected chi connectivity index (χ2v) is 10.6. The van der Waals surface area contributed by atoms with Gasteiger partial charge in [-0.05, 0) is 37.4 Å². The molecule has 0 unspecified atom stereocenters. The van der Waals surface area contributed by atoms with E-state index in [0.29, 0.717) is 18.1 Å². The third-order valence-electron chi connectivity index (χ3n) is 5.21. The first-order valence-electron chi connectivity index (χ1n) is 9.65. The molecule has 0 saturated carbocycles. The van der Waals surface area contributed by atoms with Crippen molar-refractivity contribution in [2.45, 2.75) is 4.90 Å². The lowest BCUT2D eigenvalue weighted by Crippen LogP contribution is -2.64. The Kier molecular flexibility index (Phi) is 7.65. The molecule has 0 bridgehead atoms. The summed E-state index contributed by atoms with van der Waals surface area (Å²) in [6, 6.07) is 8.19. The van der Waals surface area contributed by atoms with E-state index in [4.69, 9.17) is 34.5 Å². The van der Waals surface area contributed by atoms with Gasteiger partial charge < -0.3 is 14.7 Å². The van der Waals surface area contributed by atoms with E-state index in [9.17, 15) is 17.9 Å². The maximum atomic E-state index is 13.9. The van der Waals surface area contributed by atoms with Crippen LogP contribution < -0.4 is 4.74 Å². The van der Waals surface area contributed by atoms with Gasteiger partial charge in [-0.1, -0.05) is 23.2 Å². The SMILES string of the molecule is [C-]#[N+]c1ccc(OCC2(CN(C)CCO)CN(S(=O)(=O)c3ccc(Cl)cc3Cl)C2)cc1F. The number of benzene rings is 2. The van der Waals surface area contributed by atoms with Gasteiger partial charge in [0.2, 0.25) is 15.7 Å². The van der Waals surface area contributed by atoms with Gasteiger partial charge in [0.05, 0.1) is 24.8 Å². The minimum absolute atomic E-state index is 0.0291. The number of hydrogen-bond donors (Lipinski definition) is 1. The Morgan fingerprint density at radius 1 is 1.28 bits per heavy atom. The van der Waals surface area contributed by atoms with Crippen molar-refractivity contribution >= 4 is 38.9 Å². The molecule has 0 radical (unpaired) electrons. The Hall–Kier alpha value is -1.93. The summed E-state index contributed by atoms with van der Waals surface area (Å²) in [6.45, 7) is 8.19. The van der Waals surface area contributed by atoms with Crippen LogP contribution >= 0.6 is 23.2 Å². The molecule has 0 spiro atoms. The summed E-state index contributed by atoms with van der Waals surface area (Å²) in [5, 5.41) is 9.60. The molecular formula is C21H22Cl2FN3O4S. The summed E-state index contributed by atoms with van der Waals surface area (Å²) in [5.74, 6) is -0.430. The van der Waals surface area contributed by atoms with Gasteiger partial charge in [0.25, 0.3) is 0 Å². The number of aliphatic hydroxyl groups excluding tert-OH is 1. The molecular weight excluding hydrogens is 480 g/mol. The van der Waals surface area contributed by atoms with Gasteiger partial charge >= 0.3 is 0 Å². The largest absolute Gasteiger partial charge is 0.493 e. The maximum Gasteiger partial charge on any atom is 0.244 e. The van der Waals surface area contributed by atoms with Crippen LogP contribution in [0.5, 0.6) is 5.75 Å². The summed E-state index contributed by atoms with van der Waals surface area (Å²) < 4.78 is 47.1. The number of sulfonamides is 1. The average Bonchev–Trinajstić information content (AvgIpc) is 2.69. The minimum Gasteiger partial charge on any atom is -0.493 e. The molecule has 1 aliphatic rings. The van der Waals surface area contributed by atoms with Crippen molar-refractivity contribution in [1.29, 1.82) is 0 Å². The number of rotatable bonds is 9. The van der Waals surface area contributed by atoms with Gasteiger partial charge in [0.1, 0.15) is 16.5 Å². The first-order valence-corrected chi connectivity index (χ1v) is 11.8. The van der Waals surface area contributed by atoms with Gasteiger partial charge in [0, 0.05) is 42.7 Å². The minimum atomic E-state index is -3.84. The molecule has 1 heterocycles. The third kappa shape index (κ3) is 5.34. The summed E-state index contributed by atoms with van der Waals surface area (Å²) in [6.07, 6.45) is 0. The molecule has 0 amide bonds. The van der Waals surface area contributed by atoms with Crippen LogP contribution in [0, 0.1) is 17.8 Å². The number of likely N-dealkylation sites (N-methyl/N-ethyl adjacent to an activating group) is 1. The molecule has 0 atom stereocenters. The Labute approximate surface area is 196 Å². The van der Waals surface area contributed by atoms with Crippen molar-refractivity contribution in [2.24, 2.45) is 5.41 Å². The van der Waals surface area contributed by atoms with Gasteiger partial charge in [-0.25, -0.2) is 17.7 Å². The number of aliphatic hydroxyl groups is 1. The molecule has 0 aliphatic carbocycles. The molecule has 1 N–H and O–H groups in total. The monoisotopic (exact) mass is 501 g/mol. The molecule has 1 saturated heterocycles. The first kappa shape index (κ1) is 24.7. The van der Waals surface area contributed by atoms with Crippen LogP contribution in [-0.2, 0) is 10.0 Å². The van der Waals surface area contributed by atoms with Crippen LogP contribution in [-0.4, -0.2) is 69.2 Å². The van der Waals surface area contributed by atoms with Crippen LogP contribution in [0.4, 0.5) is 10.1 Å². The number of ether oxygens (including phenoxy) is 1. The zero-order valence-corrected chi connectivity index (χ0v) is 19.6. The Bertz CT molecular complexity index is 1130. The molecule has 7 nitrogen and oxygen atoms in total. The van der Waals surface area contributed by atoms with E-state index in [1.54, 1.807) is 0 Å². The molecule has 172 valence electrons. The number of hydrogen-bond acceptors (Lipinski definition) is 5. The second kappa shape index (κ2) is 9.91. The fourth-order valence-electron chi connectivity index (χ4n) is 3.66. The fourth-order valence-corrected chi connectivity index (χ4v) is 6.07. The summed E-state index contributed by atoms with van der Waals surface area (Å²) in [7, 11) is -2.03. The molecule has 11 heteroatoms. The van der Waals surface area contributed by atoms with Gasteiger partial charge in [-0.3, -0.25) is 0 Å². The fraction of sp³-hybridized carbons (Fsp3) is 0.381. The predicted molar refractivity (Wildman–Crippen MR) is 120 cm³/mol. The van der Waals surface area contributed by atoms with Crippen molar-refractivity contribution in [3.05, 3.63) is 63.7 Å². The predicted octanol–water partition coefficient (Wildman–Crippen LogP) is 3.68. The molecule has 2 aromatic carbocycles. The average molecular weight is 502 g/mol. The van der Waals surface area contributed by atoms with Crippen molar-refractivity contribution in [1.82, 2.24) is 9.21 Å². The highest BCUT2D eigenvalue weighted by atomic mass is 35.5. The van der Waals surface area contributed by atoms with Crippen molar-refractivity contribution in [2.75, 3.05) is 46.4 Å². The second-order valence-electron chi connectivity index (χ2n) is 7.82. The lowest BCUT2D eigenvalue weighted by Gasteiger charge is -2.50. The Balaban J connectivity index is 1.77. The lowest BCUT2D eigenvalue weighted by atomic mass is 9.82. The zero-order chi connectivity index (χ0) is 23.5. The molecule has 1 fully saturated rings. The van der Waals surface area contributed by atoms with Crippen molar-refractivity contribution in [3.8, 4) is 5.75 Å². The maximum absolute atomic E-state index is 13.9. The van der Waals surface area contributed by atoms with E-state index in [0.717, 1.165) is 6.07 Å². The molecule has 3 rings (SSSR count). The van der Waals surface area contributed by atoms with Gasteiger partial charge in [-0.2, -0.15) is 4.31 Å². The van der Waals surface area contributed by atoms with E-state index in [1.165, 1.54) is 34.6 Å². The highest BCUT2D eigenvalue weighted by molar-refractivity contribution is 7.89. The molecule has 0 aromatic heterocycles. The van der Waals surface area contributed by atoms with Crippen molar-refractivity contribution < 1.29 is 22.7 Å². The van der Waals surface area contributed by atoms with Gasteiger partial charge in [0.15, 0.2) is 0 Å². The topological polar surface area (TPSA) is 74.4 Å². The molecule has 32 heavy (non-hydrogen) atoms. The normalized spacial score (nSPS) is 15.9. The summed E-state index contributed by atoms with van der Waals surface area (Å²) in [5.41, 5.74) is -0.680. The van der Waals surface area contributed by atoms with E-state index >= 15 is 0 Å². The highest BCUT2D eigenvalue weighted by Gasteiger charge is 2.50. The number of halogens is 3. The van der Waals surface area contributed by atoms with Crippen LogP contribution in [0.25, 0.3) is 4.85 Å². The van der Waals surface area contributed by atoms with E-state index in [1.807, 2.05) is 11.9 Å². The Morgan fingerprint density at radius 3 is 2.59 bits per heavy atom. The third-order valence-corrected chi connectivity index (χ3v) is 7.72. The van der Waals surface area contributed by atoms with Gasteiger partial charge in [-0.15, -0.1) is 0 Å². The number of nitrogens with zero attached hydrogens (tertiary/aromatic N) is 3. The van der Waals surface area contributed by atoms with Crippen molar-refractivity contribution in [3.63, 3.8) is 0 Å². The summed E-state index contributed by atoms with van der Waals surface area (Å²) >= 11 is 12.0. The lowest BCUT2D eigenvalue weighted by molar-refractivity contribution is -0.00880. The standard InChI is InChI=1S/C21H22Cl2FN3O4S/c1-25-19-5-4-16(10-18(19)24)31-14-21(11-26(2)7-8-28)12-27(13-21)32(29,30)20-6-3-15(22)9-17(20)23/h3-6,9-10,28H,7-8,11-14H2,2H3. The van der Waals surface area contributed by atoms with Crippen LogP contribution in [0.1, 0.15) is 0 Å². The quantitative estimate of drug-likeness (QED) is 0.530. The highest BCUT2D eigenvalue weighted by Crippen LogP contribution is 2.38. The van der Waals surface area contributed by atoms with Crippen LogP contribution in [0.3, 0.4) is 0 Å². The molecule has 1 aliphatic heterocycles. The van der Waals surface area contributed by atoms with Crippen LogP contribution in [0.2, 0.25) is 10.0 Å². The molecule has 2 aromatic rings.